The van der Waals surface area contributed by atoms with Gasteiger partial charge in [-0.05, 0) is 36.8 Å². The third kappa shape index (κ3) is 2.84. The number of nitrogens with zero attached hydrogens (tertiary/aromatic N) is 2. The Bertz CT molecular complexity index is 812. The van der Waals surface area contributed by atoms with Crippen molar-refractivity contribution in [2.45, 2.75) is 6.92 Å². The molecule has 4 heteroatoms. The molecule has 2 N–H and O–H groups in total. The average Bonchev–Trinajstić information content (AvgIpc) is 2.49. The Balaban J connectivity index is 1.84. The minimum atomic E-state index is 0.200. The van der Waals surface area contributed by atoms with Crippen molar-refractivity contribution in [2.24, 2.45) is 5.10 Å². The van der Waals surface area contributed by atoms with Gasteiger partial charge in [-0.15, -0.1) is 0 Å². The van der Waals surface area contributed by atoms with Crippen molar-refractivity contribution in [3.8, 4) is 5.75 Å². The Morgan fingerprint density at radius 3 is 2.71 bits per heavy atom. The molecule has 0 atom stereocenters. The summed E-state index contributed by atoms with van der Waals surface area (Å²) in [6.07, 6.45) is 1.57. The van der Waals surface area contributed by atoms with Crippen LogP contribution in [-0.2, 0) is 0 Å². The fourth-order valence-corrected chi connectivity index (χ4v) is 2.17. The predicted molar refractivity (Wildman–Crippen MR) is 85.8 cm³/mol. The van der Waals surface area contributed by atoms with Crippen molar-refractivity contribution >= 4 is 22.9 Å². The first-order valence-electron chi connectivity index (χ1n) is 6.67. The number of hydrogen-bond donors (Lipinski definition) is 2. The monoisotopic (exact) mass is 277 g/mol. The van der Waals surface area contributed by atoms with E-state index in [1.807, 2.05) is 43.3 Å². The molecule has 0 aliphatic heterocycles. The van der Waals surface area contributed by atoms with Crippen LogP contribution in [0.1, 0.15) is 11.1 Å². The highest BCUT2D eigenvalue weighted by Crippen LogP contribution is 2.19. The molecule has 0 aliphatic carbocycles. The molecule has 1 aromatic heterocycles. The zero-order valence-corrected chi connectivity index (χ0v) is 11.6. The van der Waals surface area contributed by atoms with Crippen LogP contribution in [0.25, 0.3) is 10.9 Å². The van der Waals surface area contributed by atoms with E-state index in [0.29, 0.717) is 11.4 Å². The number of fused-ring (bicyclic) bond motifs is 1. The van der Waals surface area contributed by atoms with Crippen LogP contribution in [0.2, 0.25) is 0 Å². The zero-order valence-electron chi connectivity index (χ0n) is 11.6. The van der Waals surface area contributed by atoms with Gasteiger partial charge in [0.1, 0.15) is 11.6 Å². The molecule has 0 radical (unpaired) electrons. The fraction of sp³-hybridized carbons (Fsp3) is 0.0588. The van der Waals surface area contributed by atoms with E-state index >= 15 is 0 Å². The first kappa shape index (κ1) is 13.1. The van der Waals surface area contributed by atoms with Gasteiger partial charge in [0.25, 0.3) is 0 Å². The number of aromatic hydroxyl groups is 1. The maximum Gasteiger partial charge on any atom is 0.147 e. The molecule has 0 spiro atoms. The second kappa shape index (κ2) is 5.63. The van der Waals surface area contributed by atoms with Gasteiger partial charge in [-0.25, -0.2) is 4.98 Å². The van der Waals surface area contributed by atoms with Gasteiger partial charge in [0.15, 0.2) is 0 Å². The molecule has 0 amide bonds. The zero-order chi connectivity index (χ0) is 14.7. The summed E-state index contributed by atoms with van der Waals surface area (Å²) in [5.74, 6) is 0.878. The third-order valence-electron chi connectivity index (χ3n) is 3.24. The number of pyridine rings is 1. The minimum absolute atomic E-state index is 0.200. The van der Waals surface area contributed by atoms with E-state index in [9.17, 15) is 5.11 Å². The molecule has 4 nitrogen and oxygen atoms in total. The van der Waals surface area contributed by atoms with Crippen LogP contribution in [0.3, 0.4) is 0 Å². The van der Waals surface area contributed by atoms with Crippen molar-refractivity contribution in [1.82, 2.24) is 4.98 Å². The summed E-state index contributed by atoms with van der Waals surface area (Å²) >= 11 is 0. The van der Waals surface area contributed by atoms with Gasteiger partial charge in [0.2, 0.25) is 0 Å². The Labute approximate surface area is 122 Å². The van der Waals surface area contributed by atoms with Crippen LogP contribution in [0.15, 0.2) is 59.7 Å². The van der Waals surface area contributed by atoms with Crippen molar-refractivity contribution in [2.75, 3.05) is 5.43 Å². The summed E-state index contributed by atoms with van der Waals surface area (Å²) in [5, 5.41) is 14.9. The van der Waals surface area contributed by atoms with E-state index in [-0.39, 0.29) is 5.75 Å². The Kier molecular flexibility index (Phi) is 3.51. The third-order valence-corrected chi connectivity index (χ3v) is 3.24. The van der Waals surface area contributed by atoms with Crippen molar-refractivity contribution in [3.05, 3.63) is 65.7 Å². The average molecular weight is 277 g/mol. The number of rotatable bonds is 3. The van der Waals surface area contributed by atoms with E-state index in [1.54, 1.807) is 24.4 Å². The molecule has 0 unspecified atom stereocenters. The highest BCUT2D eigenvalue weighted by molar-refractivity contribution is 5.85. The quantitative estimate of drug-likeness (QED) is 0.567. The molecular formula is C17H15N3O. The molecule has 3 aromatic rings. The molecule has 1 heterocycles. The van der Waals surface area contributed by atoms with Crippen LogP contribution in [0.4, 0.5) is 5.82 Å². The minimum Gasteiger partial charge on any atom is -0.507 e. The number of phenolic OH excluding ortho intramolecular Hbond substituents is 1. The maximum atomic E-state index is 9.66. The molecular weight excluding hydrogens is 262 g/mol. The summed E-state index contributed by atoms with van der Waals surface area (Å²) in [6.45, 7) is 2.04. The van der Waals surface area contributed by atoms with E-state index in [4.69, 9.17) is 0 Å². The molecule has 0 bridgehead atoms. The van der Waals surface area contributed by atoms with Gasteiger partial charge in [0.05, 0.1) is 11.7 Å². The van der Waals surface area contributed by atoms with E-state index < -0.39 is 0 Å². The van der Waals surface area contributed by atoms with E-state index in [0.717, 1.165) is 16.5 Å². The van der Waals surface area contributed by atoms with Gasteiger partial charge in [0, 0.05) is 10.9 Å². The Morgan fingerprint density at radius 1 is 1.10 bits per heavy atom. The number of hydrazone groups is 1. The number of nitrogens with one attached hydrogen (secondary N) is 1. The lowest BCUT2D eigenvalue weighted by Gasteiger charge is -2.05. The summed E-state index contributed by atoms with van der Waals surface area (Å²) < 4.78 is 0. The van der Waals surface area contributed by atoms with Gasteiger partial charge in [-0.3, -0.25) is 5.43 Å². The molecule has 2 aromatic carbocycles. The Hall–Kier alpha value is -2.88. The first-order valence-corrected chi connectivity index (χ1v) is 6.67. The lowest BCUT2D eigenvalue weighted by molar-refractivity contribution is 0.474. The number of benzene rings is 2. The molecule has 0 saturated carbocycles. The highest BCUT2D eigenvalue weighted by Gasteiger charge is 2.01. The SMILES string of the molecule is Cc1cc(N/N=C\c2ccccc2O)nc2ccccc12. The number of anilines is 1. The van der Waals surface area contributed by atoms with Crippen molar-refractivity contribution in [3.63, 3.8) is 0 Å². The second-order valence-electron chi connectivity index (χ2n) is 4.77. The fourth-order valence-electron chi connectivity index (χ4n) is 2.17. The summed E-state index contributed by atoms with van der Waals surface area (Å²) in [6, 6.07) is 17.0. The van der Waals surface area contributed by atoms with Crippen molar-refractivity contribution in [1.29, 1.82) is 0 Å². The number of hydrogen-bond acceptors (Lipinski definition) is 4. The van der Waals surface area contributed by atoms with Crippen LogP contribution in [-0.4, -0.2) is 16.3 Å². The maximum absolute atomic E-state index is 9.66. The highest BCUT2D eigenvalue weighted by atomic mass is 16.3. The lowest BCUT2D eigenvalue weighted by Crippen LogP contribution is -1.95. The number of aromatic nitrogens is 1. The standard InChI is InChI=1S/C17H15N3O/c1-12-10-17(19-15-8-4-3-7-14(12)15)20-18-11-13-6-2-5-9-16(13)21/h2-11,21H,1H3,(H,19,20)/b18-11-. The van der Waals surface area contributed by atoms with E-state index in [2.05, 4.69) is 15.5 Å². The predicted octanol–water partition coefficient (Wildman–Crippen LogP) is 3.69. The van der Waals surface area contributed by atoms with Crippen LogP contribution >= 0.6 is 0 Å². The molecule has 0 aliphatic rings. The Morgan fingerprint density at radius 2 is 1.86 bits per heavy atom. The number of aryl methyl sites for hydroxylation is 1. The summed E-state index contributed by atoms with van der Waals surface area (Å²) in [5.41, 5.74) is 5.62. The van der Waals surface area contributed by atoms with Crippen LogP contribution in [0.5, 0.6) is 5.75 Å². The number of para-hydroxylation sites is 2. The van der Waals surface area contributed by atoms with Crippen LogP contribution < -0.4 is 5.43 Å². The smallest absolute Gasteiger partial charge is 0.147 e. The van der Waals surface area contributed by atoms with Crippen LogP contribution in [0, 0.1) is 6.92 Å². The molecule has 104 valence electrons. The summed E-state index contributed by atoms with van der Waals surface area (Å²) in [4.78, 5) is 4.50. The van der Waals surface area contributed by atoms with E-state index in [1.165, 1.54) is 0 Å². The summed E-state index contributed by atoms with van der Waals surface area (Å²) in [7, 11) is 0. The van der Waals surface area contributed by atoms with Gasteiger partial charge >= 0.3 is 0 Å². The van der Waals surface area contributed by atoms with Crippen molar-refractivity contribution < 1.29 is 5.11 Å². The number of phenols is 1. The van der Waals surface area contributed by atoms with Gasteiger partial charge in [-0.2, -0.15) is 5.10 Å². The van der Waals surface area contributed by atoms with Gasteiger partial charge < -0.3 is 5.11 Å². The largest absolute Gasteiger partial charge is 0.507 e. The molecule has 0 fully saturated rings. The lowest BCUT2D eigenvalue weighted by atomic mass is 10.1. The normalized spacial score (nSPS) is 11.1. The second-order valence-corrected chi connectivity index (χ2v) is 4.77. The molecule has 0 saturated heterocycles. The first-order chi connectivity index (χ1) is 10.2. The molecule has 21 heavy (non-hydrogen) atoms. The molecule has 3 rings (SSSR count). The topological polar surface area (TPSA) is 57.5 Å². The van der Waals surface area contributed by atoms with Gasteiger partial charge in [-0.1, -0.05) is 30.3 Å².